The molecule has 0 bridgehead atoms. The van der Waals surface area contributed by atoms with Gasteiger partial charge in [-0.05, 0) is 39.5 Å². The molecule has 7 heteroatoms. The summed E-state index contributed by atoms with van der Waals surface area (Å²) in [5.41, 5.74) is 2.78. The van der Waals surface area contributed by atoms with Crippen LogP contribution in [0.5, 0.6) is 5.75 Å². The maximum absolute atomic E-state index is 13.3. The number of nitrogens with one attached hydrogen (secondary N) is 1. The van der Waals surface area contributed by atoms with Gasteiger partial charge in [-0.3, -0.25) is 10.2 Å². The molecule has 1 amide bonds. The molecule has 0 fully saturated rings. The highest BCUT2D eigenvalue weighted by Gasteiger charge is 2.12. The summed E-state index contributed by atoms with van der Waals surface area (Å²) in [5.74, 6) is 4.72. The number of hydrogen-bond acceptors (Lipinski definition) is 4. The summed E-state index contributed by atoms with van der Waals surface area (Å²) in [6.07, 6.45) is 0. The minimum atomic E-state index is -0.400. The van der Waals surface area contributed by atoms with Crippen molar-refractivity contribution in [1.82, 2.24) is 5.43 Å². The standard InChI is InChI=1S/C12H10BrFN2O2S/c13-9-2-1-8(5-10(9)14)18-6-7-3-4-19-11(7)12(17)16-15/h1-5H,6,15H2,(H,16,17). The lowest BCUT2D eigenvalue weighted by molar-refractivity contribution is 0.0955. The zero-order chi connectivity index (χ0) is 13.8. The van der Waals surface area contributed by atoms with E-state index in [0.717, 1.165) is 0 Å². The van der Waals surface area contributed by atoms with Crippen LogP contribution in [0.1, 0.15) is 15.2 Å². The minimum Gasteiger partial charge on any atom is -0.489 e. The molecule has 1 aromatic heterocycles. The average molecular weight is 345 g/mol. The number of nitrogen functional groups attached to an aromatic ring is 1. The first-order valence-corrected chi connectivity index (χ1v) is 6.94. The van der Waals surface area contributed by atoms with Gasteiger partial charge in [0.25, 0.3) is 5.91 Å². The van der Waals surface area contributed by atoms with Gasteiger partial charge in [-0.15, -0.1) is 11.3 Å². The normalized spacial score (nSPS) is 10.3. The van der Waals surface area contributed by atoms with E-state index in [2.05, 4.69) is 21.4 Å². The Morgan fingerprint density at radius 1 is 1.47 bits per heavy atom. The lowest BCUT2D eigenvalue weighted by Crippen LogP contribution is -2.30. The maximum atomic E-state index is 13.3. The second kappa shape index (κ2) is 6.14. The Morgan fingerprint density at radius 3 is 2.95 bits per heavy atom. The van der Waals surface area contributed by atoms with Crippen LogP contribution in [-0.4, -0.2) is 5.91 Å². The average Bonchev–Trinajstić information content (AvgIpc) is 2.87. The van der Waals surface area contributed by atoms with Gasteiger partial charge in [0.2, 0.25) is 0 Å². The summed E-state index contributed by atoms with van der Waals surface area (Å²) in [5, 5.41) is 1.77. The van der Waals surface area contributed by atoms with Crippen LogP contribution in [0, 0.1) is 5.82 Å². The number of hydrogen-bond donors (Lipinski definition) is 2. The molecule has 0 saturated carbocycles. The van der Waals surface area contributed by atoms with Gasteiger partial charge in [-0.25, -0.2) is 10.2 Å². The van der Waals surface area contributed by atoms with Crippen LogP contribution < -0.4 is 16.0 Å². The van der Waals surface area contributed by atoms with E-state index in [1.165, 1.54) is 17.4 Å². The predicted octanol–water partition coefficient (Wildman–Crippen LogP) is 2.83. The van der Waals surface area contributed by atoms with Crippen molar-refractivity contribution >= 4 is 33.2 Å². The fourth-order valence-electron chi connectivity index (χ4n) is 1.44. The van der Waals surface area contributed by atoms with E-state index in [0.29, 0.717) is 20.7 Å². The van der Waals surface area contributed by atoms with Crippen molar-refractivity contribution < 1.29 is 13.9 Å². The Labute approximate surface area is 121 Å². The lowest BCUT2D eigenvalue weighted by atomic mass is 10.2. The zero-order valence-electron chi connectivity index (χ0n) is 9.65. The molecule has 19 heavy (non-hydrogen) atoms. The minimum absolute atomic E-state index is 0.174. The Hall–Kier alpha value is -1.44. The molecular formula is C12H10BrFN2O2S. The number of carbonyl (C=O) groups excluding carboxylic acids is 1. The van der Waals surface area contributed by atoms with Gasteiger partial charge in [0.05, 0.1) is 9.35 Å². The molecular weight excluding hydrogens is 335 g/mol. The highest BCUT2D eigenvalue weighted by Crippen LogP contribution is 2.23. The third kappa shape index (κ3) is 3.31. The third-order valence-corrected chi connectivity index (χ3v) is 3.97. The Balaban J connectivity index is 2.08. The van der Waals surface area contributed by atoms with Gasteiger partial charge >= 0.3 is 0 Å². The summed E-state index contributed by atoms with van der Waals surface area (Å²) in [4.78, 5) is 11.9. The van der Waals surface area contributed by atoms with Crippen molar-refractivity contribution in [3.63, 3.8) is 0 Å². The van der Waals surface area contributed by atoms with Gasteiger partial charge < -0.3 is 4.74 Å². The number of rotatable bonds is 4. The summed E-state index contributed by atoms with van der Waals surface area (Å²) >= 11 is 4.33. The number of ether oxygens (including phenoxy) is 1. The molecule has 1 aromatic carbocycles. The van der Waals surface area contributed by atoms with Gasteiger partial charge in [0.15, 0.2) is 0 Å². The van der Waals surface area contributed by atoms with Gasteiger partial charge in [-0.2, -0.15) is 0 Å². The van der Waals surface area contributed by atoms with Crippen LogP contribution in [0.2, 0.25) is 0 Å². The smallest absolute Gasteiger partial charge is 0.275 e. The molecule has 3 N–H and O–H groups in total. The molecule has 0 aliphatic heterocycles. The second-order valence-corrected chi connectivity index (χ2v) is 5.38. The maximum Gasteiger partial charge on any atom is 0.275 e. The van der Waals surface area contributed by atoms with Crippen LogP contribution >= 0.6 is 27.3 Å². The lowest BCUT2D eigenvalue weighted by Gasteiger charge is -2.07. The molecule has 0 aliphatic rings. The second-order valence-electron chi connectivity index (χ2n) is 3.61. The highest BCUT2D eigenvalue weighted by atomic mass is 79.9. The Morgan fingerprint density at radius 2 is 2.26 bits per heavy atom. The van der Waals surface area contributed by atoms with E-state index >= 15 is 0 Å². The number of benzene rings is 1. The summed E-state index contributed by atoms with van der Waals surface area (Å²) in [6.45, 7) is 0.174. The molecule has 0 unspecified atom stereocenters. The van der Waals surface area contributed by atoms with E-state index in [-0.39, 0.29) is 12.5 Å². The van der Waals surface area contributed by atoms with E-state index in [1.54, 1.807) is 23.6 Å². The van der Waals surface area contributed by atoms with Crippen molar-refractivity contribution in [2.45, 2.75) is 6.61 Å². The fraction of sp³-hybridized carbons (Fsp3) is 0.0833. The first-order chi connectivity index (χ1) is 9.11. The van der Waals surface area contributed by atoms with Gasteiger partial charge in [0.1, 0.15) is 18.2 Å². The Bertz CT molecular complexity index is 603. The highest BCUT2D eigenvalue weighted by molar-refractivity contribution is 9.10. The molecule has 0 atom stereocenters. The van der Waals surface area contributed by atoms with Crippen molar-refractivity contribution in [3.05, 3.63) is 50.4 Å². The number of thiophene rings is 1. The van der Waals surface area contributed by atoms with E-state index < -0.39 is 5.82 Å². The molecule has 100 valence electrons. The summed E-state index contributed by atoms with van der Waals surface area (Å²) < 4.78 is 19.1. The van der Waals surface area contributed by atoms with E-state index in [9.17, 15) is 9.18 Å². The number of amides is 1. The van der Waals surface area contributed by atoms with E-state index in [1.807, 2.05) is 0 Å². The number of hydrazine groups is 1. The van der Waals surface area contributed by atoms with Crippen LogP contribution in [-0.2, 0) is 6.61 Å². The SMILES string of the molecule is NNC(=O)c1sccc1COc1ccc(Br)c(F)c1. The predicted molar refractivity (Wildman–Crippen MR) is 74.4 cm³/mol. The largest absolute Gasteiger partial charge is 0.489 e. The molecule has 0 saturated heterocycles. The van der Waals surface area contributed by atoms with Crippen molar-refractivity contribution in [3.8, 4) is 5.75 Å². The van der Waals surface area contributed by atoms with Crippen molar-refractivity contribution in [1.29, 1.82) is 0 Å². The number of carbonyl (C=O) groups is 1. The topological polar surface area (TPSA) is 64.3 Å². The van der Waals surface area contributed by atoms with Crippen LogP contribution in [0.4, 0.5) is 4.39 Å². The third-order valence-electron chi connectivity index (χ3n) is 2.37. The summed E-state index contributed by atoms with van der Waals surface area (Å²) in [6, 6.07) is 6.25. The first kappa shape index (κ1) is 14.0. The first-order valence-electron chi connectivity index (χ1n) is 5.27. The molecule has 2 rings (SSSR count). The zero-order valence-corrected chi connectivity index (χ0v) is 12.1. The fourth-order valence-corrected chi connectivity index (χ4v) is 2.50. The molecule has 0 spiro atoms. The molecule has 1 heterocycles. The molecule has 4 nitrogen and oxygen atoms in total. The molecule has 2 aromatic rings. The van der Waals surface area contributed by atoms with Gasteiger partial charge in [-0.1, -0.05) is 0 Å². The van der Waals surface area contributed by atoms with Crippen molar-refractivity contribution in [2.75, 3.05) is 0 Å². The Kier molecular flexibility index (Phi) is 4.52. The molecule has 0 aliphatic carbocycles. The van der Waals surface area contributed by atoms with Crippen LogP contribution in [0.3, 0.4) is 0 Å². The van der Waals surface area contributed by atoms with Crippen LogP contribution in [0.25, 0.3) is 0 Å². The molecule has 0 radical (unpaired) electrons. The van der Waals surface area contributed by atoms with Gasteiger partial charge in [0, 0.05) is 11.6 Å². The monoisotopic (exact) mass is 344 g/mol. The quantitative estimate of drug-likeness (QED) is 0.509. The van der Waals surface area contributed by atoms with Crippen molar-refractivity contribution in [2.24, 2.45) is 5.84 Å². The number of nitrogens with two attached hydrogens (primary N) is 1. The number of halogens is 2. The summed E-state index contributed by atoms with van der Waals surface area (Å²) in [7, 11) is 0. The van der Waals surface area contributed by atoms with Crippen LogP contribution in [0.15, 0.2) is 34.1 Å². The van der Waals surface area contributed by atoms with E-state index in [4.69, 9.17) is 10.6 Å².